The van der Waals surface area contributed by atoms with Crippen molar-refractivity contribution in [2.24, 2.45) is 5.92 Å². The Balaban J connectivity index is 2.51. The molecular formula is C17H21NO3. The standard InChI is InChI=1S/C17H21NO3/c1-11(2)16(17(19)20)18-10-12(3)9-15(18)13-5-7-14(21-4)8-6-13/h5-11,16H,1-4H3,(H,19,20). The Bertz CT molecular complexity index is 626. The van der Waals surface area contributed by atoms with Gasteiger partial charge in [-0.3, -0.25) is 0 Å². The van der Waals surface area contributed by atoms with Crippen LogP contribution < -0.4 is 4.74 Å². The molecule has 112 valence electrons. The van der Waals surface area contributed by atoms with Gasteiger partial charge in [0.2, 0.25) is 0 Å². The van der Waals surface area contributed by atoms with Gasteiger partial charge in [0.05, 0.1) is 7.11 Å². The second kappa shape index (κ2) is 6.04. The summed E-state index contributed by atoms with van der Waals surface area (Å²) >= 11 is 0. The molecule has 0 saturated heterocycles. The van der Waals surface area contributed by atoms with E-state index >= 15 is 0 Å². The number of hydrogen-bond donors (Lipinski definition) is 1. The number of aliphatic carboxylic acids is 1. The predicted molar refractivity (Wildman–Crippen MR) is 82.7 cm³/mol. The van der Waals surface area contributed by atoms with Crippen LogP contribution in [-0.2, 0) is 4.79 Å². The molecule has 0 aliphatic heterocycles. The Morgan fingerprint density at radius 2 is 1.86 bits per heavy atom. The molecule has 2 rings (SSSR count). The SMILES string of the molecule is COc1ccc(-c2cc(C)cn2C(C(=O)O)C(C)C)cc1. The molecule has 1 unspecified atom stereocenters. The lowest BCUT2D eigenvalue weighted by Crippen LogP contribution is -2.24. The average Bonchev–Trinajstić information content (AvgIpc) is 2.79. The molecule has 0 amide bonds. The van der Waals surface area contributed by atoms with E-state index in [1.54, 1.807) is 7.11 Å². The van der Waals surface area contributed by atoms with Crippen molar-refractivity contribution in [3.05, 3.63) is 42.1 Å². The molecule has 0 aliphatic rings. The van der Waals surface area contributed by atoms with Crippen LogP contribution in [0, 0.1) is 12.8 Å². The number of carbonyl (C=O) groups is 1. The summed E-state index contributed by atoms with van der Waals surface area (Å²) in [7, 11) is 1.63. The summed E-state index contributed by atoms with van der Waals surface area (Å²) in [5.41, 5.74) is 2.94. The highest BCUT2D eigenvalue weighted by Gasteiger charge is 2.25. The van der Waals surface area contributed by atoms with E-state index in [0.717, 1.165) is 22.6 Å². The minimum Gasteiger partial charge on any atom is -0.497 e. The lowest BCUT2D eigenvalue weighted by atomic mass is 10.0. The number of ether oxygens (including phenoxy) is 1. The van der Waals surface area contributed by atoms with Gasteiger partial charge in [-0.1, -0.05) is 13.8 Å². The summed E-state index contributed by atoms with van der Waals surface area (Å²) < 4.78 is 7.01. The van der Waals surface area contributed by atoms with Crippen LogP contribution >= 0.6 is 0 Å². The lowest BCUT2D eigenvalue weighted by Gasteiger charge is -2.21. The fourth-order valence-electron chi connectivity index (χ4n) is 2.57. The third kappa shape index (κ3) is 3.10. The maximum Gasteiger partial charge on any atom is 0.326 e. The van der Waals surface area contributed by atoms with Gasteiger partial charge >= 0.3 is 5.97 Å². The monoisotopic (exact) mass is 287 g/mol. The van der Waals surface area contributed by atoms with Crippen molar-refractivity contribution in [3.63, 3.8) is 0 Å². The van der Waals surface area contributed by atoms with Gasteiger partial charge in [0, 0.05) is 11.9 Å². The molecule has 1 N–H and O–H groups in total. The molecule has 21 heavy (non-hydrogen) atoms. The molecule has 2 aromatic rings. The molecule has 4 heteroatoms. The van der Waals surface area contributed by atoms with Crippen LogP contribution in [0.15, 0.2) is 36.5 Å². The molecule has 0 saturated carbocycles. The van der Waals surface area contributed by atoms with Gasteiger partial charge in [0.15, 0.2) is 0 Å². The van der Waals surface area contributed by atoms with Crippen molar-refractivity contribution in [1.29, 1.82) is 0 Å². The third-order valence-electron chi connectivity index (χ3n) is 3.56. The van der Waals surface area contributed by atoms with Crippen LogP contribution in [0.2, 0.25) is 0 Å². The Morgan fingerprint density at radius 3 is 2.33 bits per heavy atom. The number of carboxylic acids is 1. The van der Waals surface area contributed by atoms with E-state index in [9.17, 15) is 9.90 Å². The molecule has 1 heterocycles. The highest BCUT2D eigenvalue weighted by molar-refractivity contribution is 5.74. The zero-order valence-corrected chi connectivity index (χ0v) is 12.8. The van der Waals surface area contributed by atoms with Crippen LogP contribution in [-0.4, -0.2) is 22.8 Å². The first-order chi connectivity index (χ1) is 9.93. The maximum absolute atomic E-state index is 11.6. The summed E-state index contributed by atoms with van der Waals surface area (Å²) in [5, 5.41) is 9.52. The number of hydrogen-bond acceptors (Lipinski definition) is 2. The summed E-state index contributed by atoms with van der Waals surface area (Å²) in [6.07, 6.45) is 1.90. The van der Waals surface area contributed by atoms with Gasteiger partial charge in [-0.15, -0.1) is 0 Å². The van der Waals surface area contributed by atoms with E-state index < -0.39 is 12.0 Å². The normalized spacial score (nSPS) is 12.4. The Labute approximate surface area is 125 Å². The van der Waals surface area contributed by atoms with E-state index in [0.29, 0.717) is 0 Å². The highest BCUT2D eigenvalue weighted by Crippen LogP contribution is 2.30. The molecule has 1 aromatic heterocycles. The van der Waals surface area contributed by atoms with Crippen LogP contribution in [0.1, 0.15) is 25.5 Å². The number of rotatable bonds is 5. The second-order valence-electron chi connectivity index (χ2n) is 5.57. The van der Waals surface area contributed by atoms with Gasteiger partial charge in [-0.25, -0.2) is 4.79 Å². The first kappa shape index (κ1) is 15.2. The number of aromatic nitrogens is 1. The smallest absolute Gasteiger partial charge is 0.326 e. The van der Waals surface area contributed by atoms with Gasteiger partial charge < -0.3 is 14.4 Å². The van der Waals surface area contributed by atoms with Crippen LogP contribution in [0.25, 0.3) is 11.3 Å². The Morgan fingerprint density at radius 1 is 1.24 bits per heavy atom. The molecule has 0 aliphatic carbocycles. The van der Waals surface area contributed by atoms with Gasteiger partial charge in [-0.2, -0.15) is 0 Å². The van der Waals surface area contributed by atoms with E-state index in [2.05, 4.69) is 0 Å². The third-order valence-corrected chi connectivity index (χ3v) is 3.56. The Kier molecular flexibility index (Phi) is 4.36. The second-order valence-corrected chi connectivity index (χ2v) is 5.57. The van der Waals surface area contributed by atoms with Gasteiger partial charge in [0.1, 0.15) is 11.8 Å². The fraction of sp³-hybridized carbons (Fsp3) is 0.353. The first-order valence-electron chi connectivity index (χ1n) is 6.99. The van der Waals surface area contributed by atoms with Gasteiger partial charge in [-0.05, 0) is 54.3 Å². The number of methoxy groups -OCH3 is 1. The molecule has 4 nitrogen and oxygen atoms in total. The van der Waals surface area contributed by atoms with Crippen molar-refractivity contribution in [3.8, 4) is 17.0 Å². The van der Waals surface area contributed by atoms with Crippen molar-refractivity contribution < 1.29 is 14.6 Å². The van der Waals surface area contributed by atoms with E-state index in [-0.39, 0.29) is 5.92 Å². The van der Waals surface area contributed by atoms with Crippen molar-refractivity contribution in [2.45, 2.75) is 26.8 Å². The highest BCUT2D eigenvalue weighted by atomic mass is 16.5. The number of aryl methyl sites for hydroxylation is 1. The largest absolute Gasteiger partial charge is 0.497 e. The molecule has 0 spiro atoms. The first-order valence-corrected chi connectivity index (χ1v) is 6.99. The Hall–Kier alpha value is -2.23. The average molecular weight is 287 g/mol. The van der Waals surface area contributed by atoms with Crippen LogP contribution in [0.3, 0.4) is 0 Å². The van der Waals surface area contributed by atoms with E-state index in [4.69, 9.17) is 4.74 Å². The van der Waals surface area contributed by atoms with Crippen LogP contribution in [0.5, 0.6) is 5.75 Å². The fourth-order valence-corrected chi connectivity index (χ4v) is 2.57. The summed E-state index contributed by atoms with van der Waals surface area (Å²) in [5.74, 6) is -0.0196. The van der Waals surface area contributed by atoms with Crippen molar-refractivity contribution >= 4 is 5.97 Å². The van der Waals surface area contributed by atoms with Crippen molar-refractivity contribution in [2.75, 3.05) is 7.11 Å². The molecule has 0 bridgehead atoms. The lowest BCUT2D eigenvalue weighted by molar-refractivity contribution is -0.142. The predicted octanol–water partition coefficient (Wildman–Crippen LogP) is 3.75. The topological polar surface area (TPSA) is 51.5 Å². The zero-order chi connectivity index (χ0) is 15.6. The minimum atomic E-state index is -0.810. The molecule has 0 fully saturated rings. The summed E-state index contributed by atoms with van der Waals surface area (Å²) in [4.78, 5) is 11.6. The number of nitrogens with zero attached hydrogens (tertiary/aromatic N) is 1. The minimum absolute atomic E-state index is 0.00583. The van der Waals surface area contributed by atoms with Crippen LogP contribution in [0.4, 0.5) is 0 Å². The van der Waals surface area contributed by atoms with E-state index in [1.807, 2.05) is 61.9 Å². The summed E-state index contributed by atoms with van der Waals surface area (Å²) in [6.45, 7) is 5.82. The van der Waals surface area contributed by atoms with E-state index in [1.165, 1.54) is 0 Å². The maximum atomic E-state index is 11.6. The molecule has 1 aromatic carbocycles. The number of benzene rings is 1. The summed E-state index contributed by atoms with van der Waals surface area (Å²) in [6, 6.07) is 9.10. The van der Waals surface area contributed by atoms with Crippen molar-refractivity contribution in [1.82, 2.24) is 4.57 Å². The molecule has 0 radical (unpaired) electrons. The quantitative estimate of drug-likeness (QED) is 0.911. The molecule has 1 atom stereocenters. The molecular weight excluding hydrogens is 266 g/mol. The zero-order valence-electron chi connectivity index (χ0n) is 12.8. The number of carboxylic acid groups (broad SMARTS) is 1. The van der Waals surface area contributed by atoms with Gasteiger partial charge in [0.25, 0.3) is 0 Å².